The molecular weight excluding hydrogens is 312 g/mol. The molecule has 0 bridgehead atoms. The lowest BCUT2D eigenvalue weighted by atomic mass is 10.3. The van der Waals surface area contributed by atoms with Gasteiger partial charge in [-0.05, 0) is 19.1 Å². The molecule has 6 nitrogen and oxygen atoms in total. The smallest absolute Gasteiger partial charge is 0.240 e. The van der Waals surface area contributed by atoms with E-state index in [1.807, 2.05) is 6.92 Å². The molecule has 8 heteroatoms. The minimum atomic E-state index is -3.55. The molecule has 0 saturated heterocycles. The molecule has 1 aliphatic heterocycles. The first-order valence-corrected chi connectivity index (χ1v) is 8.65. The number of nitrogens with one attached hydrogen (secondary N) is 1. The molecule has 1 aromatic heterocycles. The molecule has 1 aliphatic rings. The quantitative estimate of drug-likeness (QED) is 0.905. The van der Waals surface area contributed by atoms with Crippen molar-refractivity contribution in [3.05, 3.63) is 34.3 Å². The van der Waals surface area contributed by atoms with Gasteiger partial charge in [0.1, 0.15) is 0 Å². The molecule has 112 valence electrons. The number of hydrogen-bond acceptors (Lipinski definition) is 6. The highest BCUT2D eigenvalue weighted by molar-refractivity contribution is 7.89. The maximum atomic E-state index is 12.2. The van der Waals surface area contributed by atoms with Crippen LogP contribution in [0.25, 0.3) is 0 Å². The second kappa shape index (κ2) is 5.63. The highest BCUT2D eigenvalue weighted by atomic mass is 32.2. The van der Waals surface area contributed by atoms with Crippen LogP contribution in [-0.4, -0.2) is 26.7 Å². The van der Waals surface area contributed by atoms with Crippen molar-refractivity contribution < 1.29 is 17.9 Å². The summed E-state index contributed by atoms with van der Waals surface area (Å²) >= 11 is 1.57. The lowest BCUT2D eigenvalue weighted by Crippen LogP contribution is -2.25. The van der Waals surface area contributed by atoms with Gasteiger partial charge in [-0.15, -0.1) is 11.3 Å². The molecule has 0 atom stereocenters. The third-order valence-corrected chi connectivity index (χ3v) is 5.39. The van der Waals surface area contributed by atoms with Gasteiger partial charge in [-0.25, -0.2) is 18.1 Å². The molecule has 3 rings (SSSR count). The molecule has 2 heterocycles. The van der Waals surface area contributed by atoms with Gasteiger partial charge < -0.3 is 9.47 Å². The van der Waals surface area contributed by atoms with Crippen LogP contribution >= 0.6 is 11.3 Å². The largest absolute Gasteiger partial charge is 0.454 e. The Morgan fingerprint density at radius 1 is 1.33 bits per heavy atom. The van der Waals surface area contributed by atoms with Crippen molar-refractivity contribution in [2.75, 3.05) is 13.3 Å². The standard InChI is InChI=1S/C13H14N2O4S2/c1-9-7-14-13(20-9)4-5-15-21(16,17)10-2-3-11-12(6-10)19-8-18-11/h2-3,6-7,15H,4-5,8H2,1H3. The van der Waals surface area contributed by atoms with Gasteiger partial charge in [0.15, 0.2) is 11.5 Å². The summed E-state index contributed by atoms with van der Waals surface area (Å²) < 4.78 is 37.3. The van der Waals surface area contributed by atoms with E-state index in [1.54, 1.807) is 23.6 Å². The van der Waals surface area contributed by atoms with E-state index < -0.39 is 10.0 Å². The van der Waals surface area contributed by atoms with Crippen molar-refractivity contribution in [3.63, 3.8) is 0 Å². The Morgan fingerprint density at radius 2 is 2.14 bits per heavy atom. The van der Waals surface area contributed by atoms with Gasteiger partial charge in [-0.1, -0.05) is 0 Å². The Labute approximate surface area is 126 Å². The van der Waals surface area contributed by atoms with E-state index in [9.17, 15) is 8.42 Å². The summed E-state index contributed by atoms with van der Waals surface area (Å²) in [5, 5.41) is 0.917. The van der Waals surface area contributed by atoms with E-state index >= 15 is 0 Å². The average molecular weight is 326 g/mol. The van der Waals surface area contributed by atoms with Gasteiger partial charge in [0.25, 0.3) is 0 Å². The lowest BCUT2D eigenvalue weighted by Gasteiger charge is -2.06. The first-order valence-electron chi connectivity index (χ1n) is 6.35. The number of aryl methyl sites for hydroxylation is 1. The molecule has 0 spiro atoms. The predicted octanol–water partition coefficient (Wildman–Crippen LogP) is 1.70. The first kappa shape index (κ1) is 14.3. The van der Waals surface area contributed by atoms with Crippen molar-refractivity contribution in [1.82, 2.24) is 9.71 Å². The van der Waals surface area contributed by atoms with E-state index in [0.29, 0.717) is 24.5 Å². The van der Waals surface area contributed by atoms with Crippen molar-refractivity contribution in [1.29, 1.82) is 0 Å². The zero-order valence-electron chi connectivity index (χ0n) is 11.3. The van der Waals surface area contributed by atoms with Gasteiger partial charge in [0.05, 0.1) is 9.90 Å². The summed E-state index contributed by atoms with van der Waals surface area (Å²) in [7, 11) is -3.55. The maximum Gasteiger partial charge on any atom is 0.240 e. The fraction of sp³-hybridized carbons (Fsp3) is 0.308. The Balaban J connectivity index is 1.66. The second-order valence-corrected chi connectivity index (χ2v) is 7.61. The van der Waals surface area contributed by atoms with Crippen molar-refractivity contribution in [2.45, 2.75) is 18.2 Å². The molecule has 1 aromatic carbocycles. The van der Waals surface area contributed by atoms with E-state index in [2.05, 4.69) is 9.71 Å². The molecule has 0 aliphatic carbocycles. The summed E-state index contributed by atoms with van der Waals surface area (Å²) in [4.78, 5) is 5.49. The number of thiazole rings is 1. The average Bonchev–Trinajstić information content (AvgIpc) is 3.06. The Kier molecular flexibility index (Phi) is 3.83. The number of ether oxygens (including phenoxy) is 2. The van der Waals surface area contributed by atoms with Gasteiger partial charge >= 0.3 is 0 Å². The fourth-order valence-corrected chi connectivity index (χ4v) is 3.77. The summed E-state index contributed by atoms with van der Waals surface area (Å²) in [6.45, 7) is 2.40. The Bertz CT molecular complexity index is 755. The van der Waals surface area contributed by atoms with Crippen LogP contribution in [0.5, 0.6) is 11.5 Å². The van der Waals surface area contributed by atoms with Crippen LogP contribution in [-0.2, 0) is 16.4 Å². The lowest BCUT2D eigenvalue weighted by molar-refractivity contribution is 0.174. The Hall–Kier alpha value is -1.64. The molecule has 1 N–H and O–H groups in total. The summed E-state index contributed by atoms with van der Waals surface area (Å²) in [6.07, 6.45) is 2.36. The number of sulfonamides is 1. The minimum absolute atomic E-state index is 0.121. The van der Waals surface area contributed by atoms with Gasteiger partial charge in [0, 0.05) is 30.1 Å². The summed E-state index contributed by atoms with van der Waals surface area (Å²) in [5.41, 5.74) is 0. The summed E-state index contributed by atoms with van der Waals surface area (Å²) in [6, 6.07) is 4.57. The number of rotatable bonds is 5. The van der Waals surface area contributed by atoms with Crippen molar-refractivity contribution in [2.24, 2.45) is 0 Å². The monoisotopic (exact) mass is 326 g/mol. The van der Waals surface area contributed by atoms with Crippen molar-refractivity contribution >= 4 is 21.4 Å². The fourth-order valence-electron chi connectivity index (χ4n) is 1.94. The third kappa shape index (κ3) is 3.17. The van der Waals surface area contributed by atoms with E-state index in [4.69, 9.17) is 9.47 Å². The first-order chi connectivity index (χ1) is 10.0. The zero-order valence-corrected chi connectivity index (χ0v) is 13.0. The molecule has 0 amide bonds. The Morgan fingerprint density at radius 3 is 2.90 bits per heavy atom. The molecular formula is C13H14N2O4S2. The van der Waals surface area contributed by atoms with Crippen LogP contribution in [0.15, 0.2) is 29.3 Å². The van der Waals surface area contributed by atoms with E-state index in [0.717, 1.165) is 9.88 Å². The van der Waals surface area contributed by atoms with Crippen LogP contribution in [0.2, 0.25) is 0 Å². The zero-order chi connectivity index (χ0) is 14.9. The maximum absolute atomic E-state index is 12.2. The SMILES string of the molecule is Cc1cnc(CCNS(=O)(=O)c2ccc3c(c2)OCO3)s1. The predicted molar refractivity (Wildman–Crippen MR) is 78.3 cm³/mol. The van der Waals surface area contributed by atoms with Crippen LogP contribution in [0, 0.1) is 6.92 Å². The summed E-state index contributed by atoms with van der Waals surface area (Å²) in [5.74, 6) is 1.01. The second-order valence-electron chi connectivity index (χ2n) is 4.53. The van der Waals surface area contributed by atoms with Crippen molar-refractivity contribution in [3.8, 4) is 11.5 Å². The number of aromatic nitrogens is 1. The topological polar surface area (TPSA) is 77.5 Å². The normalized spacial score (nSPS) is 13.6. The van der Waals surface area contributed by atoms with Crippen LogP contribution in [0.3, 0.4) is 0 Å². The molecule has 0 unspecified atom stereocenters. The van der Waals surface area contributed by atoms with E-state index in [-0.39, 0.29) is 11.7 Å². The highest BCUT2D eigenvalue weighted by Gasteiger charge is 2.19. The van der Waals surface area contributed by atoms with Crippen LogP contribution < -0.4 is 14.2 Å². The number of benzene rings is 1. The number of nitrogens with zero attached hydrogens (tertiary/aromatic N) is 1. The number of hydrogen-bond donors (Lipinski definition) is 1. The van der Waals surface area contributed by atoms with Crippen LogP contribution in [0.1, 0.15) is 9.88 Å². The molecule has 0 radical (unpaired) electrons. The van der Waals surface area contributed by atoms with E-state index in [1.165, 1.54) is 12.1 Å². The van der Waals surface area contributed by atoms with Gasteiger partial charge in [-0.2, -0.15) is 0 Å². The highest BCUT2D eigenvalue weighted by Crippen LogP contribution is 2.33. The molecule has 21 heavy (non-hydrogen) atoms. The van der Waals surface area contributed by atoms with Gasteiger partial charge in [-0.3, -0.25) is 0 Å². The van der Waals surface area contributed by atoms with Crippen LogP contribution in [0.4, 0.5) is 0 Å². The number of fused-ring (bicyclic) bond motifs is 1. The third-order valence-electron chi connectivity index (χ3n) is 2.95. The molecule has 0 fully saturated rings. The molecule has 2 aromatic rings. The minimum Gasteiger partial charge on any atom is -0.454 e. The van der Waals surface area contributed by atoms with Gasteiger partial charge in [0.2, 0.25) is 16.8 Å². The molecule has 0 saturated carbocycles.